The second-order valence-electron chi connectivity index (χ2n) is 14.2. The number of aryl methyl sites for hydroxylation is 1. The molecule has 0 saturated heterocycles. The van der Waals surface area contributed by atoms with Gasteiger partial charge in [-0.15, -0.1) is 0 Å². The van der Waals surface area contributed by atoms with Crippen LogP contribution in [-0.4, -0.2) is 52.6 Å². The lowest BCUT2D eigenvalue weighted by molar-refractivity contribution is -0.174. The lowest BCUT2D eigenvalue weighted by Gasteiger charge is -2.62. The molecule has 2 heterocycles. The average Bonchev–Trinajstić information content (AvgIpc) is 3.56. The van der Waals surface area contributed by atoms with Gasteiger partial charge in [0.2, 0.25) is 0 Å². The topological polar surface area (TPSA) is 150 Å². The third-order valence-electron chi connectivity index (χ3n) is 12.3. The van der Waals surface area contributed by atoms with Crippen LogP contribution in [0.4, 0.5) is 0 Å². The fourth-order valence-electron chi connectivity index (χ4n) is 10.00. The Hall–Kier alpha value is -2.46. The summed E-state index contributed by atoms with van der Waals surface area (Å²) in [6, 6.07) is 0. The monoisotopic (exact) mass is 572 g/mol. The molecular formula is C31H48N4O6. The number of aliphatic hydroxyl groups is 2. The summed E-state index contributed by atoms with van der Waals surface area (Å²) >= 11 is 0. The second kappa shape index (κ2) is 11.0. The van der Waals surface area contributed by atoms with Gasteiger partial charge in [0.05, 0.1) is 18.5 Å². The molecule has 4 saturated carbocycles. The van der Waals surface area contributed by atoms with Crippen LogP contribution in [-0.2, 0) is 18.9 Å². The van der Waals surface area contributed by atoms with Gasteiger partial charge in [0, 0.05) is 20.5 Å². The predicted molar refractivity (Wildman–Crippen MR) is 155 cm³/mol. The Morgan fingerprint density at radius 2 is 1.73 bits per heavy atom. The molecule has 2 aromatic heterocycles. The largest absolute Gasteiger partial charge is 0.481 e. The van der Waals surface area contributed by atoms with Crippen molar-refractivity contribution in [2.75, 3.05) is 0 Å². The summed E-state index contributed by atoms with van der Waals surface area (Å²) in [6.07, 6.45) is 10.6. The van der Waals surface area contributed by atoms with Crippen molar-refractivity contribution in [3.8, 4) is 0 Å². The number of rotatable bonds is 4. The van der Waals surface area contributed by atoms with E-state index >= 15 is 0 Å². The Kier molecular flexibility index (Phi) is 8.04. The first kappa shape index (κ1) is 30.0. The smallest absolute Gasteiger partial charge is 0.332 e. The van der Waals surface area contributed by atoms with Gasteiger partial charge in [-0.2, -0.15) is 0 Å². The fraction of sp³-hybridized carbons (Fsp3) is 0.806. The van der Waals surface area contributed by atoms with Gasteiger partial charge in [0.25, 0.3) is 5.56 Å². The quantitative estimate of drug-likeness (QED) is 0.438. The number of nitrogens with zero attached hydrogens (tertiary/aromatic N) is 3. The maximum Gasteiger partial charge on any atom is 0.332 e. The van der Waals surface area contributed by atoms with E-state index in [1.807, 2.05) is 0 Å². The van der Waals surface area contributed by atoms with E-state index in [0.29, 0.717) is 46.7 Å². The van der Waals surface area contributed by atoms with E-state index in [0.717, 1.165) is 36.7 Å². The standard InChI is InChI=1S/C24H40O4.C7H8N4O2/c1-14(4-7-21(27)28)17-5-6-18-22-19(9-11-24(17,18)3)23(2)10-8-16(25)12-15(23)13-20(22)26;1-10-5-4(8-3-9-5)6(12)11(2)7(10)13/h14-20,22,25-26H,4-13H2,1-3H3,(H,27,28);3H,1-2H3,(H,8,9)/t14-,15?,16+,17-,18?,19?,20+,22?,23+,24-;/m1./s1. The van der Waals surface area contributed by atoms with Crippen LogP contribution in [0.1, 0.15) is 85.0 Å². The number of carboxylic acid groups (broad SMARTS) is 1. The Bertz CT molecular complexity index is 1400. The van der Waals surface area contributed by atoms with Crippen molar-refractivity contribution >= 4 is 17.1 Å². The Morgan fingerprint density at radius 3 is 2.44 bits per heavy atom. The highest BCUT2D eigenvalue weighted by Gasteiger charge is 2.62. The molecule has 4 fully saturated rings. The zero-order valence-electron chi connectivity index (χ0n) is 25.2. The number of hydrogen-bond acceptors (Lipinski definition) is 6. The summed E-state index contributed by atoms with van der Waals surface area (Å²) in [6.45, 7) is 7.16. The van der Waals surface area contributed by atoms with Crippen molar-refractivity contribution in [2.45, 2.75) is 97.2 Å². The van der Waals surface area contributed by atoms with Crippen LogP contribution in [0.25, 0.3) is 11.2 Å². The predicted octanol–water partition coefficient (Wildman–Crippen LogP) is 3.44. The summed E-state index contributed by atoms with van der Waals surface area (Å²) < 4.78 is 2.37. The van der Waals surface area contributed by atoms with Crippen LogP contribution in [0.15, 0.2) is 15.9 Å². The molecule has 10 heteroatoms. The summed E-state index contributed by atoms with van der Waals surface area (Å²) in [4.78, 5) is 40.4. The maximum atomic E-state index is 11.4. The van der Waals surface area contributed by atoms with Crippen molar-refractivity contribution in [3.63, 3.8) is 0 Å². The first-order valence-electron chi connectivity index (χ1n) is 15.5. The van der Waals surface area contributed by atoms with Gasteiger partial charge in [-0.25, -0.2) is 9.78 Å². The number of carbonyl (C=O) groups is 1. The van der Waals surface area contributed by atoms with Crippen molar-refractivity contribution in [3.05, 3.63) is 27.2 Å². The highest BCUT2D eigenvalue weighted by atomic mass is 16.4. The lowest BCUT2D eigenvalue weighted by Crippen LogP contribution is -2.58. The Balaban J connectivity index is 0.000000216. The summed E-state index contributed by atoms with van der Waals surface area (Å²) in [7, 11) is 3.01. The van der Waals surface area contributed by atoms with E-state index in [1.165, 1.54) is 43.6 Å². The fourth-order valence-corrected chi connectivity index (χ4v) is 10.00. The minimum absolute atomic E-state index is 0.179. The van der Waals surface area contributed by atoms with Crippen molar-refractivity contribution in [1.29, 1.82) is 0 Å². The molecule has 10 atom stereocenters. The molecule has 0 aliphatic heterocycles. The van der Waals surface area contributed by atoms with Crippen LogP contribution in [0, 0.1) is 46.3 Å². The summed E-state index contributed by atoms with van der Waals surface area (Å²) in [5.41, 5.74) is 0.535. The molecule has 0 amide bonds. The molecule has 4 aliphatic rings. The normalized spacial score (nSPS) is 38.8. The van der Waals surface area contributed by atoms with E-state index in [2.05, 4.69) is 30.7 Å². The molecule has 6 rings (SSSR count). The number of aromatic nitrogens is 4. The summed E-state index contributed by atoms with van der Waals surface area (Å²) in [5.74, 6) is 2.36. The van der Waals surface area contributed by atoms with E-state index in [4.69, 9.17) is 5.11 Å². The molecule has 228 valence electrons. The molecule has 4 aliphatic carbocycles. The van der Waals surface area contributed by atoms with E-state index in [-0.39, 0.29) is 40.7 Å². The first-order chi connectivity index (χ1) is 19.3. The van der Waals surface area contributed by atoms with Gasteiger partial charge >= 0.3 is 11.7 Å². The van der Waals surface area contributed by atoms with Gasteiger partial charge in [-0.1, -0.05) is 20.8 Å². The zero-order valence-corrected chi connectivity index (χ0v) is 25.2. The van der Waals surface area contributed by atoms with Crippen LogP contribution in [0.3, 0.4) is 0 Å². The SMILES string of the molecule is C[C@H](CCC(=O)O)[C@H]1CCC2C3C(CC[C@@]21C)[C@@]1(C)CC[C@H](O)CC1C[C@@H]3O.Cn1c(=O)c2[nH]cnc2n(C)c1=O. The molecule has 41 heavy (non-hydrogen) atoms. The minimum atomic E-state index is -0.684. The van der Waals surface area contributed by atoms with Gasteiger partial charge in [-0.05, 0) is 104 Å². The Morgan fingerprint density at radius 1 is 1.05 bits per heavy atom. The highest BCUT2D eigenvalue weighted by molar-refractivity contribution is 5.68. The third kappa shape index (κ3) is 4.98. The van der Waals surface area contributed by atoms with Crippen LogP contribution in [0.2, 0.25) is 0 Å². The lowest BCUT2D eigenvalue weighted by atomic mass is 9.43. The molecule has 10 nitrogen and oxygen atoms in total. The van der Waals surface area contributed by atoms with E-state index in [9.17, 15) is 24.6 Å². The van der Waals surface area contributed by atoms with Gasteiger partial charge in [0.1, 0.15) is 5.52 Å². The molecule has 4 N–H and O–H groups in total. The van der Waals surface area contributed by atoms with Crippen molar-refractivity contribution in [2.24, 2.45) is 60.4 Å². The number of fused-ring (bicyclic) bond motifs is 6. The number of hydrogen-bond donors (Lipinski definition) is 4. The van der Waals surface area contributed by atoms with E-state index < -0.39 is 5.97 Å². The van der Waals surface area contributed by atoms with Crippen molar-refractivity contribution in [1.82, 2.24) is 19.1 Å². The molecule has 0 spiro atoms. The minimum Gasteiger partial charge on any atom is -0.481 e. The van der Waals surface area contributed by atoms with Gasteiger partial charge < -0.3 is 20.3 Å². The van der Waals surface area contributed by atoms with E-state index in [1.54, 1.807) is 7.05 Å². The highest BCUT2D eigenvalue weighted by Crippen LogP contribution is 2.68. The number of imidazole rings is 1. The molecule has 4 unspecified atom stereocenters. The number of aromatic amines is 1. The molecule has 2 aromatic rings. The van der Waals surface area contributed by atoms with Crippen LogP contribution >= 0.6 is 0 Å². The van der Waals surface area contributed by atoms with Crippen LogP contribution in [0.5, 0.6) is 0 Å². The van der Waals surface area contributed by atoms with Crippen LogP contribution < -0.4 is 11.2 Å². The number of H-pyrrole nitrogens is 1. The zero-order chi connectivity index (χ0) is 29.9. The third-order valence-corrected chi connectivity index (χ3v) is 12.3. The number of aliphatic hydroxyl groups excluding tert-OH is 2. The Labute approximate surface area is 241 Å². The molecule has 0 aromatic carbocycles. The first-order valence-corrected chi connectivity index (χ1v) is 15.5. The van der Waals surface area contributed by atoms with Gasteiger partial charge in [-0.3, -0.25) is 18.7 Å². The number of aliphatic carboxylic acids is 1. The molecular weight excluding hydrogens is 524 g/mol. The maximum absolute atomic E-state index is 11.4. The summed E-state index contributed by atoms with van der Waals surface area (Å²) in [5, 5.41) is 30.5. The molecule has 0 radical (unpaired) electrons. The number of carboxylic acids is 1. The molecule has 0 bridgehead atoms. The second-order valence-corrected chi connectivity index (χ2v) is 14.2. The number of nitrogens with one attached hydrogen (secondary N) is 1. The van der Waals surface area contributed by atoms with Crippen molar-refractivity contribution < 1.29 is 20.1 Å². The average molecular weight is 573 g/mol. The van der Waals surface area contributed by atoms with Gasteiger partial charge in [0.15, 0.2) is 5.65 Å².